The predicted molar refractivity (Wildman–Crippen MR) is 86.4 cm³/mol. The van der Waals surface area contributed by atoms with Crippen LogP contribution in [0.1, 0.15) is 26.3 Å². The van der Waals surface area contributed by atoms with Crippen LogP contribution in [0.25, 0.3) is 0 Å². The molecular formula is C15H22ClO5P. The van der Waals surface area contributed by atoms with Crippen LogP contribution in [0.15, 0.2) is 24.3 Å². The minimum absolute atomic E-state index is 0.188. The molecule has 22 heavy (non-hydrogen) atoms. The van der Waals surface area contributed by atoms with E-state index in [1.165, 1.54) is 0 Å². The Bertz CT molecular complexity index is 507. The van der Waals surface area contributed by atoms with Crippen LogP contribution in [0.2, 0.25) is 5.02 Å². The number of esters is 1. The molecule has 0 aliphatic rings. The lowest BCUT2D eigenvalue weighted by Gasteiger charge is -2.24. The van der Waals surface area contributed by atoms with Crippen LogP contribution in [0, 0.1) is 0 Å². The molecule has 0 N–H and O–H groups in total. The number of hydrogen-bond acceptors (Lipinski definition) is 5. The molecule has 0 radical (unpaired) electrons. The lowest BCUT2D eigenvalue weighted by atomic mass is 10.1. The van der Waals surface area contributed by atoms with Crippen LogP contribution in [0.5, 0.6) is 0 Å². The van der Waals surface area contributed by atoms with Crippen molar-refractivity contribution >= 4 is 25.2 Å². The topological polar surface area (TPSA) is 61.8 Å². The van der Waals surface area contributed by atoms with Gasteiger partial charge in [0.25, 0.3) is 0 Å². The summed E-state index contributed by atoms with van der Waals surface area (Å²) in [5.41, 5.74) is -0.185. The van der Waals surface area contributed by atoms with Gasteiger partial charge in [0.2, 0.25) is 0 Å². The third kappa shape index (κ3) is 5.40. The van der Waals surface area contributed by atoms with Crippen molar-refractivity contribution in [2.75, 3.05) is 19.8 Å². The van der Waals surface area contributed by atoms with E-state index in [1.807, 2.05) is 0 Å². The molecule has 5 nitrogen and oxygen atoms in total. The Kier molecular flexibility index (Phi) is 8.12. The lowest BCUT2D eigenvalue weighted by molar-refractivity contribution is -0.143. The molecular weight excluding hydrogens is 327 g/mol. The zero-order chi connectivity index (χ0) is 16.6. The van der Waals surface area contributed by atoms with Gasteiger partial charge in [-0.1, -0.05) is 23.7 Å². The molecule has 1 atom stereocenters. The number of hydrogen-bond donors (Lipinski definition) is 0. The first-order valence-electron chi connectivity index (χ1n) is 7.26. The zero-order valence-electron chi connectivity index (χ0n) is 13.1. The van der Waals surface area contributed by atoms with Gasteiger partial charge in [-0.2, -0.15) is 0 Å². The second-order valence-corrected chi connectivity index (χ2v) is 7.13. The van der Waals surface area contributed by atoms with Gasteiger partial charge >= 0.3 is 13.6 Å². The van der Waals surface area contributed by atoms with Crippen molar-refractivity contribution in [2.24, 2.45) is 0 Å². The fourth-order valence-electron chi connectivity index (χ4n) is 1.98. The van der Waals surface area contributed by atoms with E-state index in [9.17, 15) is 9.36 Å². The third-order valence-electron chi connectivity index (χ3n) is 2.90. The molecule has 0 aromatic heterocycles. The van der Waals surface area contributed by atoms with Crippen molar-refractivity contribution < 1.29 is 23.1 Å². The van der Waals surface area contributed by atoms with Gasteiger partial charge in [-0.25, -0.2) is 0 Å². The Balaban J connectivity index is 3.07. The molecule has 1 aromatic carbocycles. The fraction of sp³-hybridized carbons (Fsp3) is 0.533. The minimum atomic E-state index is -3.60. The van der Waals surface area contributed by atoms with E-state index in [1.54, 1.807) is 45.0 Å². The summed E-state index contributed by atoms with van der Waals surface area (Å²) < 4.78 is 28.6. The Morgan fingerprint density at radius 2 is 1.64 bits per heavy atom. The van der Waals surface area contributed by atoms with Gasteiger partial charge in [0, 0.05) is 5.02 Å². The van der Waals surface area contributed by atoms with Crippen LogP contribution < -0.4 is 0 Å². The number of carbonyl (C=O) groups is 1. The molecule has 124 valence electrons. The van der Waals surface area contributed by atoms with Crippen LogP contribution in [-0.2, 0) is 29.6 Å². The highest BCUT2D eigenvalue weighted by molar-refractivity contribution is 7.55. The number of carbonyl (C=O) groups excluding carboxylic acids is 1. The second-order valence-electron chi connectivity index (χ2n) is 4.47. The summed E-state index contributed by atoms with van der Waals surface area (Å²) in [7, 11) is -3.60. The van der Waals surface area contributed by atoms with Crippen molar-refractivity contribution in [2.45, 2.75) is 32.9 Å². The molecule has 0 saturated carbocycles. The van der Waals surface area contributed by atoms with E-state index in [-0.39, 0.29) is 26.2 Å². The van der Waals surface area contributed by atoms with Crippen molar-refractivity contribution in [1.29, 1.82) is 0 Å². The van der Waals surface area contributed by atoms with Crippen LogP contribution in [0.4, 0.5) is 0 Å². The van der Waals surface area contributed by atoms with Gasteiger partial charge in [-0.15, -0.1) is 0 Å². The summed E-state index contributed by atoms with van der Waals surface area (Å²) in [6.07, 6.45) is 0.202. The second kappa shape index (κ2) is 9.31. The first-order valence-corrected chi connectivity index (χ1v) is 9.25. The Morgan fingerprint density at radius 1 is 1.09 bits per heavy atom. The maximum Gasteiger partial charge on any atom is 0.345 e. The van der Waals surface area contributed by atoms with Gasteiger partial charge in [-0.05, 0) is 44.9 Å². The van der Waals surface area contributed by atoms with Gasteiger partial charge in [0.15, 0.2) is 5.66 Å². The maximum absolute atomic E-state index is 12.9. The van der Waals surface area contributed by atoms with Crippen molar-refractivity contribution in [1.82, 2.24) is 0 Å². The first kappa shape index (κ1) is 19.2. The Morgan fingerprint density at radius 3 is 2.09 bits per heavy atom. The van der Waals surface area contributed by atoms with E-state index in [0.717, 1.165) is 5.56 Å². The highest BCUT2D eigenvalue weighted by Crippen LogP contribution is 2.54. The Labute approximate surface area is 136 Å². The fourth-order valence-corrected chi connectivity index (χ4v) is 4.03. The Hall–Kier alpha value is -0.870. The predicted octanol–water partition coefficient (Wildman–Crippen LogP) is 4.08. The summed E-state index contributed by atoms with van der Waals surface area (Å²) in [5, 5.41) is 0.592. The molecule has 0 aliphatic heterocycles. The average molecular weight is 349 g/mol. The average Bonchev–Trinajstić information content (AvgIpc) is 2.47. The molecule has 1 rings (SSSR count). The normalized spacial score (nSPS) is 12.9. The minimum Gasteiger partial charge on any atom is -0.465 e. The van der Waals surface area contributed by atoms with E-state index in [2.05, 4.69) is 0 Å². The molecule has 0 spiro atoms. The molecule has 1 aromatic rings. The summed E-state index contributed by atoms with van der Waals surface area (Å²) in [6.45, 7) is 5.69. The van der Waals surface area contributed by atoms with Crippen LogP contribution >= 0.6 is 19.2 Å². The van der Waals surface area contributed by atoms with Gasteiger partial charge in [0.05, 0.1) is 19.8 Å². The highest BCUT2D eigenvalue weighted by Gasteiger charge is 2.42. The number of halogens is 1. The lowest BCUT2D eigenvalue weighted by Crippen LogP contribution is -2.28. The van der Waals surface area contributed by atoms with Gasteiger partial charge < -0.3 is 13.8 Å². The number of benzene rings is 1. The first-order chi connectivity index (χ1) is 10.5. The summed E-state index contributed by atoms with van der Waals surface area (Å²) in [6, 6.07) is 6.98. The standard InChI is InChI=1S/C15H22ClO5P/c1-4-19-15(17)14(22(18,20-5-2)21-6-3)11-12-7-9-13(16)10-8-12/h7-10,14H,4-6,11H2,1-3H3/t14-/m1/s1. The molecule has 0 unspecified atom stereocenters. The van der Waals surface area contributed by atoms with E-state index < -0.39 is 19.2 Å². The molecule has 0 fully saturated rings. The largest absolute Gasteiger partial charge is 0.465 e. The third-order valence-corrected chi connectivity index (χ3v) is 5.55. The summed E-state index contributed by atoms with van der Waals surface area (Å²) in [5.74, 6) is -0.581. The van der Waals surface area contributed by atoms with Crippen molar-refractivity contribution in [3.05, 3.63) is 34.9 Å². The van der Waals surface area contributed by atoms with Crippen LogP contribution in [-0.4, -0.2) is 31.4 Å². The summed E-state index contributed by atoms with van der Waals surface area (Å²) in [4.78, 5) is 12.2. The number of ether oxygens (including phenoxy) is 1. The molecule has 7 heteroatoms. The van der Waals surface area contributed by atoms with Gasteiger partial charge in [0.1, 0.15) is 0 Å². The van der Waals surface area contributed by atoms with Crippen LogP contribution in [0.3, 0.4) is 0 Å². The van der Waals surface area contributed by atoms with E-state index in [4.69, 9.17) is 25.4 Å². The zero-order valence-corrected chi connectivity index (χ0v) is 14.7. The molecule has 0 bridgehead atoms. The number of rotatable bonds is 9. The smallest absolute Gasteiger partial charge is 0.345 e. The molecule has 0 heterocycles. The quantitative estimate of drug-likeness (QED) is 0.497. The van der Waals surface area contributed by atoms with E-state index >= 15 is 0 Å². The molecule has 0 saturated heterocycles. The SMILES string of the molecule is CCOC(=O)[C@@H](Cc1ccc(Cl)cc1)P(=O)(OCC)OCC. The molecule has 0 aliphatic carbocycles. The van der Waals surface area contributed by atoms with Crippen molar-refractivity contribution in [3.8, 4) is 0 Å². The summed E-state index contributed by atoms with van der Waals surface area (Å²) >= 11 is 5.85. The van der Waals surface area contributed by atoms with Crippen molar-refractivity contribution in [3.63, 3.8) is 0 Å². The van der Waals surface area contributed by atoms with E-state index in [0.29, 0.717) is 5.02 Å². The van der Waals surface area contributed by atoms with Gasteiger partial charge in [-0.3, -0.25) is 9.36 Å². The monoisotopic (exact) mass is 348 g/mol. The maximum atomic E-state index is 12.9. The molecule has 0 amide bonds. The highest BCUT2D eigenvalue weighted by atomic mass is 35.5.